The van der Waals surface area contributed by atoms with Gasteiger partial charge in [-0.25, -0.2) is 0 Å². The van der Waals surface area contributed by atoms with Gasteiger partial charge in [0.2, 0.25) is 0 Å². The lowest BCUT2D eigenvalue weighted by Crippen LogP contribution is -2.43. The summed E-state index contributed by atoms with van der Waals surface area (Å²) in [6, 6.07) is 11.5. The monoisotopic (exact) mass is 260 g/mol. The molecule has 0 spiro atoms. The van der Waals surface area contributed by atoms with Crippen molar-refractivity contribution < 1.29 is 0 Å². The first-order chi connectivity index (χ1) is 9.31. The number of nitrogens with one attached hydrogen (secondary N) is 1. The molecule has 2 atom stereocenters. The summed E-state index contributed by atoms with van der Waals surface area (Å²) in [5.74, 6) is 0.763. The maximum absolute atomic E-state index is 6.02. The highest BCUT2D eigenvalue weighted by Gasteiger charge is 2.23. The number of hydrogen-bond donors (Lipinski definition) is 2. The van der Waals surface area contributed by atoms with Gasteiger partial charge in [-0.3, -0.25) is 0 Å². The summed E-state index contributed by atoms with van der Waals surface area (Å²) < 4.78 is 0. The Balaban J connectivity index is 1.94. The average Bonchev–Trinajstić information content (AvgIpc) is 2.74. The second-order valence-electron chi connectivity index (χ2n) is 5.89. The van der Waals surface area contributed by atoms with Crippen LogP contribution in [0.25, 0.3) is 0 Å². The van der Waals surface area contributed by atoms with Crippen LogP contribution in [0.4, 0.5) is 0 Å². The Kier molecular flexibility index (Phi) is 5.87. The van der Waals surface area contributed by atoms with Gasteiger partial charge in [-0.2, -0.15) is 0 Å². The molecule has 0 amide bonds. The predicted molar refractivity (Wildman–Crippen MR) is 82.0 cm³/mol. The molecule has 1 saturated carbocycles. The van der Waals surface area contributed by atoms with Gasteiger partial charge in [0.1, 0.15) is 0 Å². The Morgan fingerprint density at radius 2 is 1.74 bits per heavy atom. The Bertz CT molecular complexity index is 342. The third kappa shape index (κ3) is 4.32. The molecule has 2 rings (SSSR count). The molecule has 2 nitrogen and oxygen atoms in total. The van der Waals surface area contributed by atoms with Gasteiger partial charge in [-0.05, 0) is 31.2 Å². The van der Waals surface area contributed by atoms with Crippen LogP contribution >= 0.6 is 0 Å². The summed E-state index contributed by atoms with van der Waals surface area (Å²) in [6.07, 6.45) is 8.25. The molecule has 2 unspecified atom stereocenters. The van der Waals surface area contributed by atoms with E-state index in [1.165, 1.54) is 44.1 Å². The lowest BCUT2D eigenvalue weighted by Gasteiger charge is -2.29. The molecule has 2 heteroatoms. The van der Waals surface area contributed by atoms with Crippen molar-refractivity contribution in [2.24, 2.45) is 11.7 Å². The van der Waals surface area contributed by atoms with Gasteiger partial charge in [0, 0.05) is 18.6 Å². The summed E-state index contributed by atoms with van der Waals surface area (Å²) in [6.45, 7) is 3.00. The Morgan fingerprint density at radius 1 is 1.11 bits per heavy atom. The normalized spacial score (nSPS) is 20.7. The summed E-state index contributed by atoms with van der Waals surface area (Å²) in [5, 5.41) is 3.76. The molecular weight excluding hydrogens is 232 g/mol. The maximum Gasteiger partial charge on any atom is 0.0294 e. The largest absolute Gasteiger partial charge is 0.329 e. The van der Waals surface area contributed by atoms with E-state index in [1.54, 1.807) is 0 Å². The van der Waals surface area contributed by atoms with E-state index < -0.39 is 0 Å². The fraction of sp³-hybridized carbons (Fsp3) is 0.647. The molecule has 0 saturated heterocycles. The molecule has 1 aromatic rings. The second kappa shape index (κ2) is 7.66. The van der Waals surface area contributed by atoms with Crippen LogP contribution in [0.3, 0.4) is 0 Å². The first kappa shape index (κ1) is 14.5. The molecule has 0 aromatic heterocycles. The van der Waals surface area contributed by atoms with Crippen LogP contribution in [0, 0.1) is 5.92 Å². The molecule has 0 radical (unpaired) electrons. The van der Waals surface area contributed by atoms with Crippen LogP contribution in [0.15, 0.2) is 30.3 Å². The zero-order valence-corrected chi connectivity index (χ0v) is 12.1. The highest BCUT2D eigenvalue weighted by atomic mass is 15.0. The molecule has 1 aromatic carbocycles. The standard InChI is InChI=1S/C17H28N2/c1-14(15-9-7-4-8-10-15)19-17(13-18)16-11-5-2-3-6-12-16/h4,7-10,14,16-17,19H,2-3,5-6,11-13,18H2,1H3. The molecule has 3 N–H and O–H groups in total. The summed E-state index contributed by atoms with van der Waals surface area (Å²) in [5.41, 5.74) is 7.37. The molecule has 0 bridgehead atoms. The van der Waals surface area contributed by atoms with Crippen LogP contribution in [-0.2, 0) is 0 Å². The van der Waals surface area contributed by atoms with Gasteiger partial charge in [-0.1, -0.05) is 56.0 Å². The van der Waals surface area contributed by atoms with E-state index in [1.807, 2.05) is 0 Å². The number of rotatable bonds is 5. The van der Waals surface area contributed by atoms with Crippen molar-refractivity contribution in [1.29, 1.82) is 0 Å². The second-order valence-corrected chi connectivity index (χ2v) is 5.89. The Labute approximate surface area is 117 Å². The van der Waals surface area contributed by atoms with E-state index in [0.29, 0.717) is 12.1 Å². The van der Waals surface area contributed by atoms with E-state index in [9.17, 15) is 0 Å². The highest BCUT2D eigenvalue weighted by molar-refractivity contribution is 5.18. The minimum Gasteiger partial charge on any atom is -0.329 e. The Morgan fingerprint density at radius 3 is 2.32 bits per heavy atom. The SMILES string of the molecule is CC(NC(CN)C1CCCCCC1)c1ccccc1. The van der Waals surface area contributed by atoms with Crippen molar-refractivity contribution in [1.82, 2.24) is 5.32 Å². The summed E-state index contributed by atoms with van der Waals surface area (Å²) in [7, 11) is 0. The van der Waals surface area contributed by atoms with Gasteiger partial charge in [0.15, 0.2) is 0 Å². The minimum atomic E-state index is 0.387. The molecule has 1 aliphatic carbocycles. The van der Waals surface area contributed by atoms with Crippen LogP contribution < -0.4 is 11.1 Å². The average molecular weight is 260 g/mol. The van der Waals surface area contributed by atoms with Crippen molar-refractivity contribution in [3.8, 4) is 0 Å². The lowest BCUT2D eigenvalue weighted by atomic mass is 9.91. The summed E-state index contributed by atoms with van der Waals surface area (Å²) >= 11 is 0. The maximum atomic E-state index is 6.02. The van der Waals surface area contributed by atoms with Gasteiger partial charge < -0.3 is 11.1 Å². The minimum absolute atomic E-state index is 0.387. The molecule has 0 heterocycles. The van der Waals surface area contributed by atoms with E-state index in [4.69, 9.17) is 5.73 Å². The van der Waals surface area contributed by atoms with Gasteiger partial charge in [-0.15, -0.1) is 0 Å². The van der Waals surface area contributed by atoms with E-state index in [-0.39, 0.29) is 0 Å². The fourth-order valence-corrected chi connectivity index (χ4v) is 3.27. The number of benzene rings is 1. The van der Waals surface area contributed by atoms with Crippen molar-refractivity contribution >= 4 is 0 Å². The van der Waals surface area contributed by atoms with Gasteiger partial charge in [0.05, 0.1) is 0 Å². The molecule has 19 heavy (non-hydrogen) atoms. The third-order valence-electron chi connectivity index (χ3n) is 4.49. The quantitative estimate of drug-likeness (QED) is 0.793. The zero-order valence-electron chi connectivity index (χ0n) is 12.1. The molecule has 1 aliphatic rings. The number of nitrogens with two attached hydrogens (primary N) is 1. The first-order valence-corrected chi connectivity index (χ1v) is 7.82. The smallest absolute Gasteiger partial charge is 0.0294 e. The predicted octanol–water partition coefficient (Wildman–Crippen LogP) is 3.63. The number of hydrogen-bond acceptors (Lipinski definition) is 2. The van der Waals surface area contributed by atoms with Gasteiger partial charge >= 0.3 is 0 Å². The van der Waals surface area contributed by atoms with Crippen LogP contribution in [0.2, 0.25) is 0 Å². The van der Waals surface area contributed by atoms with E-state index in [2.05, 4.69) is 42.6 Å². The van der Waals surface area contributed by atoms with E-state index >= 15 is 0 Å². The third-order valence-corrected chi connectivity index (χ3v) is 4.49. The van der Waals surface area contributed by atoms with Crippen molar-refractivity contribution in [3.05, 3.63) is 35.9 Å². The van der Waals surface area contributed by atoms with E-state index in [0.717, 1.165) is 12.5 Å². The molecular formula is C17H28N2. The summed E-state index contributed by atoms with van der Waals surface area (Å²) in [4.78, 5) is 0. The topological polar surface area (TPSA) is 38.0 Å². The van der Waals surface area contributed by atoms with Gasteiger partial charge in [0.25, 0.3) is 0 Å². The Hall–Kier alpha value is -0.860. The molecule has 106 valence electrons. The lowest BCUT2D eigenvalue weighted by molar-refractivity contribution is 0.303. The fourth-order valence-electron chi connectivity index (χ4n) is 3.27. The van der Waals surface area contributed by atoms with Crippen molar-refractivity contribution in [2.75, 3.05) is 6.54 Å². The highest BCUT2D eigenvalue weighted by Crippen LogP contribution is 2.26. The van der Waals surface area contributed by atoms with Crippen molar-refractivity contribution in [3.63, 3.8) is 0 Å². The molecule has 0 aliphatic heterocycles. The first-order valence-electron chi connectivity index (χ1n) is 7.82. The van der Waals surface area contributed by atoms with Crippen LogP contribution in [0.5, 0.6) is 0 Å². The van der Waals surface area contributed by atoms with Crippen LogP contribution in [0.1, 0.15) is 57.1 Å². The molecule has 1 fully saturated rings. The zero-order chi connectivity index (χ0) is 13.5. The van der Waals surface area contributed by atoms with Crippen LogP contribution in [-0.4, -0.2) is 12.6 Å². The van der Waals surface area contributed by atoms with Crippen molar-refractivity contribution in [2.45, 2.75) is 57.5 Å².